The lowest BCUT2D eigenvalue weighted by Gasteiger charge is -2.32. The summed E-state index contributed by atoms with van der Waals surface area (Å²) >= 11 is 0. The molecule has 0 N–H and O–H groups in total. The molecular weight excluding hydrogens is 352 g/mol. The predicted molar refractivity (Wildman–Crippen MR) is 107 cm³/mol. The van der Waals surface area contributed by atoms with Gasteiger partial charge in [0, 0.05) is 39.1 Å². The van der Waals surface area contributed by atoms with Gasteiger partial charge >= 0.3 is 0 Å². The molecular formula is C22H26N4O2. The molecule has 146 valence electrons. The normalized spacial score (nSPS) is 17.6. The van der Waals surface area contributed by atoms with Crippen LogP contribution in [0.15, 0.2) is 54.9 Å². The SMILES string of the molecule is COc1ccc(Cc2ccc([C@@H]3CN(Cc4ccnn4C)CCO3)nc2)cc1. The van der Waals surface area contributed by atoms with Crippen molar-refractivity contribution in [2.75, 3.05) is 26.8 Å². The molecule has 28 heavy (non-hydrogen) atoms. The van der Waals surface area contributed by atoms with Crippen LogP contribution in [0.25, 0.3) is 0 Å². The Morgan fingerprint density at radius 2 is 1.93 bits per heavy atom. The van der Waals surface area contributed by atoms with Crippen LogP contribution in [-0.2, 0) is 24.8 Å². The number of hydrogen-bond donors (Lipinski definition) is 0. The number of nitrogens with zero attached hydrogens (tertiary/aromatic N) is 4. The predicted octanol–water partition coefficient (Wildman–Crippen LogP) is 2.99. The molecule has 1 aromatic carbocycles. The number of morpholine rings is 1. The molecule has 1 saturated heterocycles. The Morgan fingerprint density at radius 1 is 1.11 bits per heavy atom. The zero-order valence-electron chi connectivity index (χ0n) is 16.4. The van der Waals surface area contributed by atoms with Crippen molar-refractivity contribution in [3.8, 4) is 5.75 Å². The monoisotopic (exact) mass is 378 g/mol. The maximum atomic E-state index is 5.99. The number of rotatable bonds is 6. The number of benzene rings is 1. The standard InChI is InChI=1S/C22H26N4O2/c1-25-19(9-10-24-25)15-26-11-12-28-22(16-26)21-8-5-18(14-23-21)13-17-3-6-20(27-2)7-4-17/h3-10,14,22H,11-13,15-16H2,1-2H3/t22-/m0/s1. The minimum absolute atomic E-state index is 0.0111. The third-order valence-electron chi connectivity index (χ3n) is 5.20. The third kappa shape index (κ3) is 4.40. The number of pyridine rings is 1. The van der Waals surface area contributed by atoms with Crippen molar-refractivity contribution < 1.29 is 9.47 Å². The van der Waals surface area contributed by atoms with Gasteiger partial charge in [0.05, 0.1) is 25.1 Å². The first-order valence-corrected chi connectivity index (χ1v) is 9.60. The lowest BCUT2D eigenvalue weighted by molar-refractivity contribution is -0.0356. The van der Waals surface area contributed by atoms with E-state index in [0.29, 0.717) is 0 Å². The summed E-state index contributed by atoms with van der Waals surface area (Å²) in [4.78, 5) is 7.09. The van der Waals surface area contributed by atoms with Crippen molar-refractivity contribution in [1.29, 1.82) is 0 Å². The number of aryl methyl sites for hydroxylation is 1. The van der Waals surface area contributed by atoms with Gasteiger partial charge in [-0.1, -0.05) is 18.2 Å². The van der Waals surface area contributed by atoms with Crippen LogP contribution >= 0.6 is 0 Å². The fourth-order valence-corrected chi connectivity index (χ4v) is 3.52. The van der Waals surface area contributed by atoms with Gasteiger partial charge in [0.25, 0.3) is 0 Å². The van der Waals surface area contributed by atoms with Gasteiger partial charge in [-0.05, 0) is 41.8 Å². The van der Waals surface area contributed by atoms with Crippen molar-refractivity contribution in [2.45, 2.75) is 19.1 Å². The first kappa shape index (κ1) is 18.7. The lowest BCUT2D eigenvalue weighted by atomic mass is 10.1. The molecule has 1 aliphatic rings. The molecule has 1 aliphatic heterocycles. The molecule has 0 unspecified atom stereocenters. The second-order valence-corrected chi connectivity index (χ2v) is 7.16. The van der Waals surface area contributed by atoms with Crippen LogP contribution < -0.4 is 4.74 Å². The third-order valence-corrected chi connectivity index (χ3v) is 5.20. The Labute approximate surface area is 165 Å². The fraction of sp³-hybridized carbons (Fsp3) is 0.364. The van der Waals surface area contributed by atoms with Crippen molar-refractivity contribution in [3.63, 3.8) is 0 Å². The summed E-state index contributed by atoms with van der Waals surface area (Å²) in [5.74, 6) is 0.877. The molecule has 1 atom stereocenters. The zero-order chi connectivity index (χ0) is 19.3. The molecule has 6 nitrogen and oxygen atoms in total. The van der Waals surface area contributed by atoms with Crippen LogP contribution in [0, 0.1) is 0 Å². The Morgan fingerprint density at radius 3 is 2.61 bits per heavy atom. The van der Waals surface area contributed by atoms with Crippen molar-refractivity contribution >= 4 is 0 Å². The van der Waals surface area contributed by atoms with E-state index in [0.717, 1.165) is 44.1 Å². The summed E-state index contributed by atoms with van der Waals surface area (Å²) in [7, 11) is 3.67. The molecule has 1 fully saturated rings. The zero-order valence-corrected chi connectivity index (χ0v) is 16.4. The highest BCUT2D eigenvalue weighted by Crippen LogP contribution is 2.22. The van der Waals surface area contributed by atoms with Crippen molar-refractivity contribution in [2.24, 2.45) is 7.05 Å². The summed E-state index contributed by atoms with van der Waals surface area (Å²) in [5, 5.41) is 4.25. The number of hydrogen-bond acceptors (Lipinski definition) is 5. The van der Waals surface area contributed by atoms with E-state index in [1.54, 1.807) is 7.11 Å². The Hall–Kier alpha value is -2.70. The van der Waals surface area contributed by atoms with E-state index >= 15 is 0 Å². The van der Waals surface area contributed by atoms with Gasteiger partial charge in [-0.15, -0.1) is 0 Å². The summed E-state index contributed by atoms with van der Waals surface area (Å²) in [5.41, 5.74) is 4.64. The van der Waals surface area contributed by atoms with Crippen LogP contribution in [0.2, 0.25) is 0 Å². The smallest absolute Gasteiger partial charge is 0.118 e. The highest BCUT2D eigenvalue weighted by atomic mass is 16.5. The molecule has 0 bridgehead atoms. The lowest BCUT2D eigenvalue weighted by Crippen LogP contribution is -2.38. The van der Waals surface area contributed by atoms with Crippen molar-refractivity contribution in [1.82, 2.24) is 19.7 Å². The summed E-state index contributed by atoms with van der Waals surface area (Å²) in [6.07, 6.45) is 4.67. The number of ether oxygens (including phenoxy) is 2. The second-order valence-electron chi connectivity index (χ2n) is 7.16. The van der Waals surface area contributed by atoms with Gasteiger partial charge in [-0.3, -0.25) is 14.6 Å². The molecule has 0 aliphatic carbocycles. The van der Waals surface area contributed by atoms with Crippen LogP contribution in [-0.4, -0.2) is 46.5 Å². The second kappa shape index (κ2) is 8.54. The fourth-order valence-electron chi connectivity index (χ4n) is 3.52. The van der Waals surface area contributed by atoms with Crippen LogP contribution in [0.3, 0.4) is 0 Å². The van der Waals surface area contributed by atoms with E-state index in [2.05, 4.69) is 45.3 Å². The van der Waals surface area contributed by atoms with E-state index < -0.39 is 0 Å². The van der Waals surface area contributed by atoms with Crippen LogP contribution in [0.5, 0.6) is 5.75 Å². The average Bonchev–Trinajstić information content (AvgIpc) is 3.14. The minimum atomic E-state index is 0.0111. The highest BCUT2D eigenvalue weighted by molar-refractivity contribution is 5.31. The van der Waals surface area contributed by atoms with Gasteiger partial charge in [-0.25, -0.2) is 0 Å². The maximum absolute atomic E-state index is 5.99. The molecule has 3 heterocycles. The molecule has 0 amide bonds. The molecule has 4 rings (SSSR count). The van der Waals surface area contributed by atoms with Gasteiger partial charge in [0.2, 0.25) is 0 Å². The largest absolute Gasteiger partial charge is 0.497 e. The van der Waals surface area contributed by atoms with Crippen LogP contribution in [0.1, 0.15) is 28.6 Å². The van der Waals surface area contributed by atoms with Crippen molar-refractivity contribution in [3.05, 3.63) is 77.4 Å². The molecule has 0 radical (unpaired) electrons. The number of aromatic nitrogens is 3. The van der Waals surface area contributed by atoms with E-state index in [9.17, 15) is 0 Å². The Bertz CT molecular complexity index is 890. The Balaban J connectivity index is 1.38. The molecule has 0 saturated carbocycles. The molecule has 3 aromatic rings. The van der Waals surface area contributed by atoms with E-state index in [1.165, 1.54) is 16.8 Å². The van der Waals surface area contributed by atoms with Gasteiger partial charge in [0.15, 0.2) is 0 Å². The molecule has 0 spiro atoms. The first-order valence-electron chi connectivity index (χ1n) is 9.60. The van der Waals surface area contributed by atoms with Gasteiger partial charge < -0.3 is 9.47 Å². The highest BCUT2D eigenvalue weighted by Gasteiger charge is 2.23. The topological polar surface area (TPSA) is 52.4 Å². The maximum Gasteiger partial charge on any atom is 0.118 e. The quantitative estimate of drug-likeness (QED) is 0.660. The van der Waals surface area contributed by atoms with E-state index in [4.69, 9.17) is 9.47 Å². The Kier molecular flexibility index (Phi) is 5.69. The van der Waals surface area contributed by atoms with Gasteiger partial charge in [0.1, 0.15) is 11.9 Å². The molecule has 2 aromatic heterocycles. The first-order chi connectivity index (χ1) is 13.7. The van der Waals surface area contributed by atoms with Gasteiger partial charge in [-0.2, -0.15) is 5.10 Å². The number of methoxy groups -OCH3 is 1. The average molecular weight is 378 g/mol. The summed E-state index contributed by atoms with van der Waals surface area (Å²) in [6, 6.07) is 14.5. The van der Waals surface area contributed by atoms with Crippen LogP contribution in [0.4, 0.5) is 0 Å². The summed E-state index contributed by atoms with van der Waals surface area (Å²) in [6.45, 7) is 3.37. The minimum Gasteiger partial charge on any atom is -0.497 e. The summed E-state index contributed by atoms with van der Waals surface area (Å²) < 4.78 is 13.1. The van der Waals surface area contributed by atoms with E-state index in [1.807, 2.05) is 36.3 Å². The molecule has 6 heteroatoms. The van der Waals surface area contributed by atoms with E-state index in [-0.39, 0.29) is 6.10 Å².